The minimum absolute atomic E-state index is 0.0421. The second kappa shape index (κ2) is 5.16. The zero-order valence-corrected chi connectivity index (χ0v) is 9.34. The van der Waals surface area contributed by atoms with Crippen LogP contribution in [0.15, 0.2) is 18.2 Å². The van der Waals surface area contributed by atoms with Crippen LogP contribution in [-0.2, 0) is 4.79 Å². The van der Waals surface area contributed by atoms with E-state index in [1.807, 2.05) is 6.07 Å². The van der Waals surface area contributed by atoms with Crippen LogP contribution in [0.3, 0.4) is 0 Å². The Morgan fingerprint density at radius 2 is 2.07 bits per heavy atom. The van der Waals surface area contributed by atoms with Crippen molar-refractivity contribution < 1.29 is 4.79 Å². The highest BCUT2D eigenvalue weighted by molar-refractivity contribution is 6.20. The zero-order valence-electron chi connectivity index (χ0n) is 8.59. The third-order valence-electron chi connectivity index (χ3n) is 2.43. The highest BCUT2D eigenvalue weighted by atomic mass is 35.5. The Labute approximate surface area is 90.1 Å². The lowest BCUT2D eigenvalue weighted by Crippen LogP contribution is -1.93. The predicted octanol–water partition coefficient (Wildman–Crippen LogP) is 3.56. The molecular formula is C12H15ClO. The molecular weight excluding hydrogens is 196 g/mol. The number of rotatable bonds is 4. The molecule has 1 atom stereocenters. The first kappa shape index (κ1) is 11.3. The summed E-state index contributed by atoms with van der Waals surface area (Å²) in [5.41, 5.74) is 3.63. The molecule has 0 amide bonds. The van der Waals surface area contributed by atoms with Crippen LogP contribution in [0.4, 0.5) is 0 Å². The summed E-state index contributed by atoms with van der Waals surface area (Å²) in [6, 6.07) is 6.20. The van der Waals surface area contributed by atoms with Crippen LogP contribution in [0, 0.1) is 13.8 Å². The van der Waals surface area contributed by atoms with E-state index in [0.29, 0.717) is 12.8 Å². The second-order valence-electron chi connectivity index (χ2n) is 3.56. The molecule has 1 aromatic carbocycles. The fourth-order valence-corrected chi connectivity index (χ4v) is 1.60. The molecule has 0 saturated carbocycles. The van der Waals surface area contributed by atoms with Gasteiger partial charge in [-0.3, -0.25) is 0 Å². The van der Waals surface area contributed by atoms with Gasteiger partial charge >= 0.3 is 0 Å². The summed E-state index contributed by atoms with van der Waals surface area (Å²) in [5, 5.41) is -0.0421. The van der Waals surface area contributed by atoms with E-state index in [-0.39, 0.29) is 5.38 Å². The van der Waals surface area contributed by atoms with Crippen LogP contribution in [-0.4, -0.2) is 6.29 Å². The van der Waals surface area contributed by atoms with Crippen LogP contribution in [0.1, 0.15) is 34.9 Å². The van der Waals surface area contributed by atoms with Crippen LogP contribution in [0.25, 0.3) is 0 Å². The van der Waals surface area contributed by atoms with Gasteiger partial charge in [0.25, 0.3) is 0 Å². The van der Waals surface area contributed by atoms with Crippen molar-refractivity contribution in [1.82, 2.24) is 0 Å². The minimum Gasteiger partial charge on any atom is -0.303 e. The Morgan fingerprint density at radius 3 is 2.64 bits per heavy atom. The molecule has 0 fully saturated rings. The Balaban J connectivity index is 2.75. The fourth-order valence-electron chi connectivity index (χ4n) is 1.34. The molecule has 0 N–H and O–H groups in total. The van der Waals surface area contributed by atoms with Gasteiger partial charge in [-0.25, -0.2) is 0 Å². The Bertz CT molecular complexity index is 320. The van der Waals surface area contributed by atoms with Crippen molar-refractivity contribution in [1.29, 1.82) is 0 Å². The van der Waals surface area contributed by atoms with Crippen molar-refractivity contribution >= 4 is 17.9 Å². The van der Waals surface area contributed by atoms with Crippen molar-refractivity contribution in [3.63, 3.8) is 0 Å². The Kier molecular flexibility index (Phi) is 4.15. The molecule has 0 radical (unpaired) electrons. The SMILES string of the molecule is Cc1ccc(C(Cl)CCC=O)cc1C. The lowest BCUT2D eigenvalue weighted by molar-refractivity contribution is -0.107. The lowest BCUT2D eigenvalue weighted by Gasteiger charge is -2.10. The number of alkyl halides is 1. The van der Waals surface area contributed by atoms with E-state index in [4.69, 9.17) is 11.6 Å². The number of carbonyl (C=O) groups is 1. The van der Waals surface area contributed by atoms with Gasteiger partial charge in [0.1, 0.15) is 6.29 Å². The van der Waals surface area contributed by atoms with E-state index in [1.165, 1.54) is 11.1 Å². The summed E-state index contributed by atoms with van der Waals surface area (Å²) in [6.07, 6.45) is 2.16. The van der Waals surface area contributed by atoms with Gasteiger partial charge in [-0.15, -0.1) is 11.6 Å². The van der Waals surface area contributed by atoms with E-state index >= 15 is 0 Å². The minimum atomic E-state index is -0.0421. The maximum absolute atomic E-state index is 10.2. The van der Waals surface area contributed by atoms with E-state index in [9.17, 15) is 4.79 Å². The van der Waals surface area contributed by atoms with Gasteiger partial charge in [-0.05, 0) is 37.0 Å². The zero-order chi connectivity index (χ0) is 10.6. The van der Waals surface area contributed by atoms with Gasteiger partial charge in [0.2, 0.25) is 0 Å². The first-order valence-corrected chi connectivity index (χ1v) is 5.23. The number of aryl methyl sites for hydroxylation is 2. The van der Waals surface area contributed by atoms with Crippen molar-refractivity contribution in [2.75, 3.05) is 0 Å². The largest absolute Gasteiger partial charge is 0.303 e. The molecule has 0 aliphatic heterocycles. The third kappa shape index (κ3) is 2.85. The molecule has 1 nitrogen and oxygen atoms in total. The number of hydrogen-bond acceptors (Lipinski definition) is 1. The first-order chi connectivity index (χ1) is 6.65. The Morgan fingerprint density at radius 1 is 1.36 bits per heavy atom. The van der Waals surface area contributed by atoms with E-state index in [1.54, 1.807) is 0 Å². The van der Waals surface area contributed by atoms with Gasteiger partial charge < -0.3 is 4.79 Å². The first-order valence-electron chi connectivity index (χ1n) is 4.80. The van der Waals surface area contributed by atoms with Crippen LogP contribution < -0.4 is 0 Å². The summed E-state index contributed by atoms with van der Waals surface area (Å²) in [7, 11) is 0. The van der Waals surface area contributed by atoms with Crippen molar-refractivity contribution in [2.45, 2.75) is 32.1 Å². The molecule has 0 saturated heterocycles. The van der Waals surface area contributed by atoms with Gasteiger partial charge in [-0.1, -0.05) is 18.2 Å². The lowest BCUT2D eigenvalue weighted by atomic mass is 10.0. The normalized spacial score (nSPS) is 12.5. The van der Waals surface area contributed by atoms with Crippen LogP contribution in [0.5, 0.6) is 0 Å². The molecule has 76 valence electrons. The van der Waals surface area contributed by atoms with E-state index < -0.39 is 0 Å². The number of halogens is 1. The van der Waals surface area contributed by atoms with Gasteiger partial charge in [0.15, 0.2) is 0 Å². The molecule has 0 heterocycles. The summed E-state index contributed by atoms with van der Waals surface area (Å²) in [4.78, 5) is 10.2. The van der Waals surface area contributed by atoms with Crippen LogP contribution in [0.2, 0.25) is 0 Å². The third-order valence-corrected chi connectivity index (χ3v) is 2.90. The number of aldehydes is 1. The maximum Gasteiger partial charge on any atom is 0.120 e. The summed E-state index contributed by atoms with van der Waals surface area (Å²) in [5.74, 6) is 0. The predicted molar refractivity (Wildman–Crippen MR) is 59.8 cm³/mol. The van der Waals surface area contributed by atoms with Gasteiger partial charge in [0.05, 0.1) is 5.38 Å². The van der Waals surface area contributed by atoms with Crippen molar-refractivity contribution in [3.8, 4) is 0 Å². The highest BCUT2D eigenvalue weighted by Crippen LogP contribution is 2.26. The van der Waals surface area contributed by atoms with E-state index in [2.05, 4.69) is 26.0 Å². The molecule has 0 aliphatic carbocycles. The molecule has 1 aromatic rings. The van der Waals surface area contributed by atoms with Gasteiger partial charge in [0, 0.05) is 6.42 Å². The molecule has 0 aromatic heterocycles. The quantitative estimate of drug-likeness (QED) is 0.549. The second-order valence-corrected chi connectivity index (χ2v) is 4.08. The summed E-state index contributed by atoms with van der Waals surface area (Å²) >= 11 is 6.15. The number of benzene rings is 1. The molecule has 0 bridgehead atoms. The number of carbonyl (C=O) groups excluding carboxylic acids is 1. The highest BCUT2D eigenvalue weighted by Gasteiger charge is 2.07. The molecule has 1 unspecified atom stereocenters. The smallest absolute Gasteiger partial charge is 0.120 e. The van der Waals surface area contributed by atoms with Crippen LogP contribution >= 0.6 is 11.6 Å². The van der Waals surface area contributed by atoms with Gasteiger partial charge in [-0.2, -0.15) is 0 Å². The molecule has 14 heavy (non-hydrogen) atoms. The molecule has 0 spiro atoms. The molecule has 0 aliphatic rings. The average Bonchev–Trinajstić information content (AvgIpc) is 2.18. The van der Waals surface area contributed by atoms with Crippen molar-refractivity contribution in [3.05, 3.63) is 34.9 Å². The number of hydrogen-bond donors (Lipinski definition) is 0. The fraction of sp³-hybridized carbons (Fsp3) is 0.417. The standard InChI is InChI=1S/C12H15ClO/c1-9-5-6-11(8-10(9)2)12(13)4-3-7-14/h5-8,12H,3-4H2,1-2H3. The topological polar surface area (TPSA) is 17.1 Å². The average molecular weight is 211 g/mol. The summed E-state index contributed by atoms with van der Waals surface area (Å²) in [6.45, 7) is 4.15. The molecule has 2 heteroatoms. The van der Waals surface area contributed by atoms with E-state index in [0.717, 1.165) is 11.8 Å². The maximum atomic E-state index is 10.2. The summed E-state index contributed by atoms with van der Waals surface area (Å²) < 4.78 is 0. The molecule has 1 rings (SSSR count). The van der Waals surface area contributed by atoms with Crippen molar-refractivity contribution in [2.24, 2.45) is 0 Å². The Hall–Kier alpha value is -0.820. The monoisotopic (exact) mass is 210 g/mol.